The van der Waals surface area contributed by atoms with Crippen LogP contribution in [0.3, 0.4) is 0 Å². The molecule has 0 atom stereocenters. The lowest BCUT2D eigenvalue weighted by atomic mass is 10.1. The summed E-state index contributed by atoms with van der Waals surface area (Å²) >= 11 is 0. The van der Waals surface area contributed by atoms with Gasteiger partial charge in [0.15, 0.2) is 0 Å². The van der Waals surface area contributed by atoms with Crippen molar-refractivity contribution in [2.24, 2.45) is 0 Å². The van der Waals surface area contributed by atoms with Gasteiger partial charge in [-0.2, -0.15) is 0 Å². The van der Waals surface area contributed by atoms with Crippen molar-refractivity contribution < 1.29 is 9.53 Å². The van der Waals surface area contributed by atoms with Crippen LogP contribution in [0.1, 0.15) is 41.3 Å². The number of hydrogen-bond acceptors (Lipinski definition) is 2. The molecule has 0 radical (unpaired) electrons. The first-order valence-electron chi connectivity index (χ1n) is 7.10. The molecule has 21 heavy (non-hydrogen) atoms. The van der Waals surface area contributed by atoms with Crippen LogP contribution >= 0.6 is 0 Å². The summed E-state index contributed by atoms with van der Waals surface area (Å²) in [4.78, 5) is 12.0. The van der Waals surface area contributed by atoms with Crippen LogP contribution in [0.2, 0.25) is 0 Å². The maximum absolute atomic E-state index is 12.0. The third kappa shape index (κ3) is 4.22. The maximum Gasteiger partial charge on any atom is 0.343 e. The van der Waals surface area contributed by atoms with Crippen molar-refractivity contribution in [2.45, 2.75) is 26.2 Å². The molecule has 0 aliphatic carbocycles. The fourth-order valence-electron chi connectivity index (χ4n) is 1.97. The Morgan fingerprint density at radius 1 is 1.10 bits per heavy atom. The van der Waals surface area contributed by atoms with Gasteiger partial charge in [0.05, 0.1) is 5.56 Å². The molecule has 106 valence electrons. The quantitative estimate of drug-likeness (QED) is 0.465. The van der Waals surface area contributed by atoms with E-state index in [1.54, 1.807) is 24.3 Å². The first kappa shape index (κ1) is 14.9. The molecule has 2 heteroatoms. The maximum atomic E-state index is 12.0. The fraction of sp³-hybridized carbons (Fsp3) is 0.211. The second-order valence-corrected chi connectivity index (χ2v) is 4.86. The van der Waals surface area contributed by atoms with Crippen LogP contribution in [0, 0.1) is 12.3 Å². The SMILES string of the molecule is C#Cc1ccc(OC(=O)c2ccc(CCCC)cc2)cc1. The number of aryl methyl sites for hydroxylation is 1. The van der Waals surface area contributed by atoms with E-state index >= 15 is 0 Å². The van der Waals surface area contributed by atoms with Gasteiger partial charge in [-0.05, 0) is 54.8 Å². The topological polar surface area (TPSA) is 26.3 Å². The van der Waals surface area contributed by atoms with Crippen LogP contribution < -0.4 is 4.74 Å². The molecule has 2 rings (SSSR count). The minimum absolute atomic E-state index is 0.356. The molecule has 0 N–H and O–H groups in total. The minimum atomic E-state index is -0.356. The average Bonchev–Trinajstić information content (AvgIpc) is 2.54. The van der Waals surface area contributed by atoms with Crippen LogP contribution in [-0.4, -0.2) is 5.97 Å². The molecule has 2 aromatic carbocycles. The van der Waals surface area contributed by atoms with Gasteiger partial charge in [0, 0.05) is 5.56 Å². The molecule has 0 heterocycles. The molecule has 0 aliphatic rings. The zero-order valence-electron chi connectivity index (χ0n) is 12.1. The highest BCUT2D eigenvalue weighted by Crippen LogP contribution is 2.15. The molecular weight excluding hydrogens is 260 g/mol. The number of benzene rings is 2. The van der Waals surface area contributed by atoms with E-state index < -0.39 is 0 Å². The molecule has 0 aliphatic heterocycles. The molecule has 0 spiro atoms. The van der Waals surface area contributed by atoms with Crippen LogP contribution in [0.15, 0.2) is 48.5 Å². The Hall–Kier alpha value is -2.53. The van der Waals surface area contributed by atoms with Gasteiger partial charge in [0.25, 0.3) is 0 Å². The van der Waals surface area contributed by atoms with Gasteiger partial charge in [0.1, 0.15) is 5.75 Å². The van der Waals surface area contributed by atoms with Gasteiger partial charge in [-0.25, -0.2) is 4.79 Å². The molecular formula is C19H18O2. The van der Waals surface area contributed by atoms with Crippen molar-refractivity contribution in [3.8, 4) is 18.1 Å². The highest BCUT2D eigenvalue weighted by molar-refractivity contribution is 5.91. The molecule has 0 unspecified atom stereocenters. The Kier molecular flexibility index (Phi) is 5.17. The summed E-state index contributed by atoms with van der Waals surface area (Å²) in [6.07, 6.45) is 8.65. The Labute approximate surface area is 125 Å². The highest BCUT2D eigenvalue weighted by Gasteiger charge is 2.08. The molecule has 2 nitrogen and oxygen atoms in total. The summed E-state index contributed by atoms with van der Waals surface area (Å²) in [7, 11) is 0. The van der Waals surface area contributed by atoms with Crippen LogP contribution in [0.5, 0.6) is 5.75 Å². The Bertz CT molecular complexity index is 631. The Balaban J connectivity index is 2.00. The number of esters is 1. The normalized spacial score (nSPS) is 9.90. The van der Waals surface area contributed by atoms with Crippen molar-refractivity contribution in [2.75, 3.05) is 0 Å². The summed E-state index contributed by atoms with van der Waals surface area (Å²) in [6, 6.07) is 14.5. The second kappa shape index (κ2) is 7.31. The smallest absolute Gasteiger partial charge is 0.343 e. The van der Waals surface area contributed by atoms with Crippen molar-refractivity contribution in [3.05, 3.63) is 65.2 Å². The lowest BCUT2D eigenvalue weighted by molar-refractivity contribution is 0.0735. The Morgan fingerprint density at radius 3 is 2.33 bits per heavy atom. The second-order valence-electron chi connectivity index (χ2n) is 4.86. The predicted molar refractivity (Wildman–Crippen MR) is 84.4 cm³/mol. The number of carbonyl (C=O) groups excluding carboxylic acids is 1. The number of terminal acetylenes is 1. The average molecular weight is 278 g/mol. The van der Waals surface area contributed by atoms with Crippen molar-refractivity contribution in [1.82, 2.24) is 0 Å². The number of hydrogen-bond donors (Lipinski definition) is 0. The molecule has 2 aromatic rings. The first-order valence-corrected chi connectivity index (χ1v) is 7.10. The van der Waals surface area contributed by atoms with Gasteiger partial charge in [-0.1, -0.05) is 31.4 Å². The number of unbranched alkanes of at least 4 members (excludes halogenated alkanes) is 1. The molecule has 0 bridgehead atoms. The largest absolute Gasteiger partial charge is 0.423 e. The van der Waals surface area contributed by atoms with E-state index in [-0.39, 0.29) is 5.97 Å². The van der Waals surface area contributed by atoms with Crippen molar-refractivity contribution in [3.63, 3.8) is 0 Å². The molecule has 0 saturated heterocycles. The van der Waals surface area contributed by atoms with E-state index in [0.29, 0.717) is 11.3 Å². The first-order chi connectivity index (χ1) is 10.2. The van der Waals surface area contributed by atoms with Crippen molar-refractivity contribution in [1.29, 1.82) is 0 Å². The zero-order valence-corrected chi connectivity index (χ0v) is 12.1. The number of ether oxygens (including phenoxy) is 1. The molecule has 0 aromatic heterocycles. The highest BCUT2D eigenvalue weighted by atomic mass is 16.5. The third-order valence-electron chi connectivity index (χ3n) is 3.24. The van der Waals surface area contributed by atoms with Crippen molar-refractivity contribution >= 4 is 5.97 Å². The number of rotatable bonds is 5. The summed E-state index contributed by atoms with van der Waals surface area (Å²) in [6.45, 7) is 2.16. The predicted octanol–water partition coefficient (Wildman–Crippen LogP) is 4.23. The zero-order chi connectivity index (χ0) is 15.1. The standard InChI is InChI=1S/C19H18O2/c1-3-5-6-16-7-11-17(12-8-16)19(20)21-18-13-9-15(4-2)10-14-18/h2,7-14H,3,5-6H2,1H3. The molecule has 0 amide bonds. The van der Waals surface area contributed by atoms with Gasteiger partial charge < -0.3 is 4.74 Å². The fourth-order valence-corrected chi connectivity index (χ4v) is 1.97. The monoisotopic (exact) mass is 278 g/mol. The van der Waals surface area contributed by atoms with Gasteiger partial charge in [-0.15, -0.1) is 6.42 Å². The van der Waals surface area contributed by atoms with E-state index in [9.17, 15) is 4.79 Å². The van der Waals surface area contributed by atoms with Gasteiger partial charge >= 0.3 is 5.97 Å². The summed E-state index contributed by atoms with van der Waals surface area (Å²) in [5.74, 6) is 2.66. The minimum Gasteiger partial charge on any atom is -0.423 e. The molecule has 0 saturated carbocycles. The summed E-state index contributed by atoms with van der Waals surface area (Å²) in [5.41, 5.74) is 2.55. The van der Waals surface area contributed by atoms with E-state index in [0.717, 1.165) is 24.8 Å². The van der Waals surface area contributed by atoms with E-state index in [1.165, 1.54) is 5.56 Å². The van der Waals surface area contributed by atoms with E-state index in [4.69, 9.17) is 11.2 Å². The van der Waals surface area contributed by atoms with E-state index in [2.05, 4.69) is 12.8 Å². The number of carbonyl (C=O) groups is 1. The summed E-state index contributed by atoms with van der Waals surface area (Å²) < 4.78 is 5.31. The lowest BCUT2D eigenvalue weighted by Gasteiger charge is -2.05. The van der Waals surface area contributed by atoms with Gasteiger partial charge in [-0.3, -0.25) is 0 Å². The molecule has 0 fully saturated rings. The van der Waals surface area contributed by atoms with Crippen LogP contribution in [0.4, 0.5) is 0 Å². The van der Waals surface area contributed by atoms with E-state index in [1.807, 2.05) is 24.3 Å². The van der Waals surface area contributed by atoms with Crippen LogP contribution in [-0.2, 0) is 6.42 Å². The third-order valence-corrected chi connectivity index (χ3v) is 3.24. The Morgan fingerprint density at radius 2 is 1.76 bits per heavy atom. The lowest BCUT2D eigenvalue weighted by Crippen LogP contribution is -2.08. The van der Waals surface area contributed by atoms with Crippen LogP contribution in [0.25, 0.3) is 0 Å². The van der Waals surface area contributed by atoms with Gasteiger partial charge in [0.2, 0.25) is 0 Å². The summed E-state index contributed by atoms with van der Waals surface area (Å²) in [5, 5.41) is 0.